The zero-order valence-corrected chi connectivity index (χ0v) is 7.35. The first-order chi connectivity index (χ1) is 5.13. The van der Waals surface area contributed by atoms with Crippen molar-refractivity contribution in [3.63, 3.8) is 0 Å². The van der Waals surface area contributed by atoms with Gasteiger partial charge in [-0.25, -0.2) is 0 Å². The van der Waals surface area contributed by atoms with Crippen molar-refractivity contribution >= 4 is 0 Å². The van der Waals surface area contributed by atoms with Crippen LogP contribution in [0.4, 0.5) is 0 Å². The first kappa shape index (κ1) is 8.12. The smallest absolute Gasteiger partial charge is 0.109 e. The van der Waals surface area contributed by atoms with Crippen molar-refractivity contribution in [3.05, 3.63) is 35.8 Å². The lowest BCUT2D eigenvalue weighted by molar-refractivity contribution is 0.295. The van der Waals surface area contributed by atoms with E-state index in [1.54, 1.807) is 6.26 Å². The minimum Gasteiger partial charge on any atom is -0.469 e. The highest BCUT2D eigenvalue weighted by atomic mass is 16.5. The van der Waals surface area contributed by atoms with Crippen molar-refractivity contribution in [2.24, 2.45) is 5.92 Å². The molecule has 0 atom stereocenters. The summed E-state index contributed by atoms with van der Waals surface area (Å²) in [6, 6.07) is 0. The summed E-state index contributed by atoms with van der Waals surface area (Å²) in [5.41, 5.74) is 2.22. The van der Waals surface area contributed by atoms with E-state index in [2.05, 4.69) is 20.4 Å². The Morgan fingerprint density at radius 3 is 2.55 bits per heavy atom. The van der Waals surface area contributed by atoms with Gasteiger partial charge in [-0.1, -0.05) is 20.4 Å². The van der Waals surface area contributed by atoms with Crippen molar-refractivity contribution in [2.45, 2.75) is 20.8 Å². The van der Waals surface area contributed by atoms with Crippen molar-refractivity contribution in [1.29, 1.82) is 0 Å². The second-order valence-electron chi connectivity index (χ2n) is 3.09. The maximum absolute atomic E-state index is 5.36. The van der Waals surface area contributed by atoms with E-state index < -0.39 is 0 Å². The largest absolute Gasteiger partial charge is 0.469 e. The standard InChI is InChI=1S/C10H14O/c1-7(2)10-9(4)8(3)5-6-11-10/h5-7H,3H2,1-2,4H3. The molecule has 60 valence electrons. The van der Waals surface area contributed by atoms with Gasteiger partial charge in [0, 0.05) is 5.92 Å². The zero-order chi connectivity index (χ0) is 8.43. The van der Waals surface area contributed by atoms with Crippen LogP contribution in [-0.4, -0.2) is 0 Å². The fourth-order valence-electron chi connectivity index (χ4n) is 1.13. The van der Waals surface area contributed by atoms with Crippen LogP contribution in [0.25, 0.3) is 0 Å². The normalized spacial score (nSPS) is 17.6. The Morgan fingerprint density at radius 1 is 1.45 bits per heavy atom. The van der Waals surface area contributed by atoms with Gasteiger partial charge in [0.25, 0.3) is 0 Å². The van der Waals surface area contributed by atoms with Crippen molar-refractivity contribution in [3.8, 4) is 0 Å². The summed E-state index contributed by atoms with van der Waals surface area (Å²) < 4.78 is 5.36. The van der Waals surface area contributed by atoms with Gasteiger partial charge in [-0.15, -0.1) is 0 Å². The molecule has 0 radical (unpaired) electrons. The fourth-order valence-corrected chi connectivity index (χ4v) is 1.13. The summed E-state index contributed by atoms with van der Waals surface area (Å²) in [4.78, 5) is 0. The van der Waals surface area contributed by atoms with Gasteiger partial charge >= 0.3 is 0 Å². The molecule has 0 saturated carbocycles. The van der Waals surface area contributed by atoms with Gasteiger partial charge < -0.3 is 4.74 Å². The SMILES string of the molecule is C=C1C=COC(C(C)C)=C1C. The van der Waals surface area contributed by atoms with Gasteiger partial charge in [0.2, 0.25) is 0 Å². The maximum atomic E-state index is 5.36. The molecule has 1 heterocycles. The molecule has 0 spiro atoms. The highest BCUT2D eigenvalue weighted by Gasteiger charge is 2.12. The van der Waals surface area contributed by atoms with E-state index in [-0.39, 0.29) is 0 Å². The van der Waals surface area contributed by atoms with Gasteiger partial charge in [0.1, 0.15) is 5.76 Å². The lowest BCUT2D eigenvalue weighted by Crippen LogP contribution is -2.03. The average molecular weight is 150 g/mol. The third-order valence-electron chi connectivity index (χ3n) is 1.84. The van der Waals surface area contributed by atoms with E-state index in [9.17, 15) is 0 Å². The molecule has 0 aliphatic carbocycles. The van der Waals surface area contributed by atoms with Crippen LogP contribution in [0.1, 0.15) is 20.8 Å². The summed E-state index contributed by atoms with van der Waals surface area (Å²) in [5.74, 6) is 1.48. The van der Waals surface area contributed by atoms with Crippen LogP contribution in [0.2, 0.25) is 0 Å². The molecule has 0 unspecified atom stereocenters. The molecule has 0 saturated heterocycles. The van der Waals surface area contributed by atoms with E-state index in [1.165, 1.54) is 5.57 Å². The fraction of sp³-hybridized carbons (Fsp3) is 0.400. The quantitative estimate of drug-likeness (QED) is 0.558. The van der Waals surface area contributed by atoms with Crippen LogP contribution < -0.4 is 0 Å². The molecule has 0 aromatic heterocycles. The Kier molecular flexibility index (Phi) is 2.18. The molecule has 11 heavy (non-hydrogen) atoms. The predicted octanol–water partition coefficient (Wildman–Crippen LogP) is 3.02. The molecular weight excluding hydrogens is 136 g/mol. The van der Waals surface area contributed by atoms with Crippen molar-refractivity contribution in [2.75, 3.05) is 0 Å². The lowest BCUT2D eigenvalue weighted by atomic mass is 10.0. The molecule has 1 heteroatoms. The Labute approximate surface area is 68.1 Å². The topological polar surface area (TPSA) is 9.23 Å². The van der Waals surface area contributed by atoms with Crippen LogP contribution in [0.15, 0.2) is 35.8 Å². The Balaban J connectivity index is 2.93. The highest BCUT2D eigenvalue weighted by molar-refractivity contribution is 5.40. The minimum absolute atomic E-state index is 0.441. The first-order valence-electron chi connectivity index (χ1n) is 3.86. The molecular formula is C10H14O. The molecule has 1 rings (SSSR count). The summed E-state index contributed by atoms with van der Waals surface area (Å²) in [7, 11) is 0. The lowest BCUT2D eigenvalue weighted by Gasteiger charge is -2.18. The molecule has 0 fully saturated rings. The number of hydrogen-bond acceptors (Lipinski definition) is 1. The molecule has 1 aliphatic heterocycles. The van der Waals surface area contributed by atoms with E-state index >= 15 is 0 Å². The van der Waals surface area contributed by atoms with E-state index in [0.29, 0.717) is 5.92 Å². The van der Waals surface area contributed by atoms with Gasteiger partial charge in [0.05, 0.1) is 6.26 Å². The number of ether oxygens (including phenoxy) is 1. The van der Waals surface area contributed by atoms with Crippen LogP contribution >= 0.6 is 0 Å². The Bertz CT molecular complexity index is 231. The third-order valence-corrected chi connectivity index (χ3v) is 1.84. The van der Waals surface area contributed by atoms with Crippen molar-refractivity contribution in [1.82, 2.24) is 0 Å². The van der Waals surface area contributed by atoms with E-state index in [4.69, 9.17) is 4.74 Å². The Hall–Kier alpha value is -0.980. The number of hydrogen-bond donors (Lipinski definition) is 0. The van der Waals surface area contributed by atoms with Crippen LogP contribution in [0, 0.1) is 5.92 Å². The van der Waals surface area contributed by atoms with E-state index in [1.807, 2.05) is 13.0 Å². The first-order valence-corrected chi connectivity index (χ1v) is 3.86. The summed E-state index contributed by atoms with van der Waals surface area (Å²) in [6.45, 7) is 10.2. The van der Waals surface area contributed by atoms with Crippen LogP contribution in [-0.2, 0) is 4.74 Å². The monoisotopic (exact) mass is 150 g/mol. The second-order valence-corrected chi connectivity index (χ2v) is 3.09. The zero-order valence-electron chi connectivity index (χ0n) is 7.35. The highest BCUT2D eigenvalue weighted by Crippen LogP contribution is 2.25. The molecule has 0 aromatic rings. The van der Waals surface area contributed by atoms with Crippen molar-refractivity contribution < 1.29 is 4.74 Å². The summed E-state index contributed by atoms with van der Waals surface area (Å²) >= 11 is 0. The summed E-state index contributed by atoms with van der Waals surface area (Å²) in [6.07, 6.45) is 3.59. The predicted molar refractivity (Wildman–Crippen MR) is 46.9 cm³/mol. The molecule has 1 nitrogen and oxygen atoms in total. The number of allylic oxidation sites excluding steroid dienone is 4. The van der Waals surface area contributed by atoms with Crippen LogP contribution in [0.3, 0.4) is 0 Å². The average Bonchev–Trinajstić information content (AvgIpc) is 1.94. The Morgan fingerprint density at radius 2 is 2.09 bits per heavy atom. The maximum Gasteiger partial charge on any atom is 0.109 e. The van der Waals surface area contributed by atoms with Gasteiger partial charge in [0.15, 0.2) is 0 Å². The molecule has 0 aromatic carbocycles. The molecule has 0 bridgehead atoms. The van der Waals surface area contributed by atoms with Crippen LogP contribution in [0.5, 0.6) is 0 Å². The molecule has 1 aliphatic rings. The second kappa shape index (κ2) is 2.95. The van der Waals surface area contributed by atoms with Gasteiger partial charge in [-0.3, -0.25) is 0 Å². The molecule has 0 amide bonds. The number of rotatable bonds is 1. The van der Waals surface area contributed by atoms with E-state index in [0.717, 1.165) is 11.3 Å². The van der Waals surface area contributed by atoms with Gasteiger partial charge in [-0.05, 0) is 24.1 Å². The third kappa shape index (κ3) is 1.53. The minimum atomic E-state index is 0.441. The van der Waals surface area contributed by atoms with Gasteiger partial charge in [-0.2, -0.15) is 0 Å². The molecule has 0 N–H and O–H groups in total. The summed E-state index contributed by atoms with van der Waals surface area (Å²) in [5, 5.41) is 0.